The lowest BCUT2D eigenvalue weighted by molar-refractivity contribution is -0.135. The first-order valence-electron chi connectivity index (χ1n) is 8.86. The highest BCUT2D eigenvalue weighted by molar-refractivity contribution is 5.91. The van der Waals surface area contributed by atoms with Crippen LogP contribution in [0.5, 0.6) is 0 Å². The minimum Gasteiger partial charge on any atom is -0.360 e. The first-order chi connectivity index (χ1) is 13.0. The van der Waals surface area contributed by atoms with Gasteiger partial charge >= 0.3 is 0 Å². The lowest BCUT2D eigenvalue weighted by Crippen LogP contribution is -2.52. The molecule has 2 N–H and O–H groups in total. The molecule has 0 radical (unpaired) electrons. The first kappa shape index (κ1) is 19.1. The molecule has 10 heteroatoms. The molecule has 0 spiro atoms. The summed E-state index contributed by atoms with van der Waals surface area (Å²) >= 11 is 0. The van der Waals surface area contributed by atoms with Crippen molar-refractivity contribution >= 4 is 17.6 Å². The molecule has 0 saturated carbocycles. The number of nitrogens with zero attached hydrogens (tertiary/aromatic N) is 5. The molecule has 1 fully saturated rings. The van der Waals surface area contributed by atoms with Gasteiger partial charge in [-0.05, 0) is 14.0 Å². The summed E-state index contributed by atoms with van der Waals surface area (Å²) in [7, 11) is 3.59. The van der Waals surface area contributed by atoms with Crippen molar-refractivity contribution in [1.82, 2.24) is 30.1 Å². The fourth-order valence-electron chi connectivity index (χ4n) is 3.14. The Bertz CT molecular complexity index is 792. The Morgan fingerprint density at radius 1 is 1.30 bits per heavy atom. The Balaban J connectivity index is 1.49. The van der Waals surface area contributed by atoms with Crippen molar-refractivity contribution in [2.45, 2.75) is 13.0 Å². The Kier molecular flexibility index (Phi) is 5.87. The zero-order chi connectivity index (χ0) is 19.4. The second kappa shape index (κ2) is 8.31. The Labute approximate surface area is 157 Å². The molecule has 2 aromatic rings. The van der Waals surface area contributed by atoms with Gasteiger partial charge in [-0.25, -0.2) is 0 Å². The molecule has 1 aliphatic heterocycles. The number of carbonyl (C=O) groups is 2. The SMILES string of the molecule is CNC(C(=O)N1CCN(CC(=O)Nc2cc(C)on2)CC1)c1cnn(C)c1. The summed E-state index contributed by atoms with van der Waals surface area (Å²) in [6.45, 7) is 4.46. The van der Waals surface area contributed by atoms with E-state index < -0.39 is 6.04 Å². The third-order valence-corrected chi connectivity index (χ3v) is 4.54. The molecule has 0 aromatic carbocycles. The van der Waals surface area contributed by atoms with E-state index >= 15 is 0 Å². The lowest BCUT2D eigenvalue weighted by atomic mass is 10.1. The van der Waals surface area contributed by atoms with Gasteiger partial charge in [0.1, 0.15) is 11.8 Å². The van der Waals surface area contributed by atoms with E-state index in [9.17, 15) is 9.59 Å². The maximum absolute atomic E-state index is 12.8. The summed E-state index contributed by atoms with van der Waals surface area (Å²) < 4.78 is 6.61. The molecule has 0 bridgehead atoms. The zero-order valence-electron chi connectivity index (χ0n) is 15.8. The van der Waals surface area contributed by atoms with Crippen LogP contribution in [-0.4, -0.2) is 76.3 Å². The van der Waals surface area contributed by atoms with Crippen LogP contribution in [-0.2, 0) is 16.6 Å². The highest BCUT2D eigenvalue weighted by Gasteiger charge is 2.29. The maximum Gasteiger partial charge on any atom is 0.244 e. The molecule has 1 saturated heterocycles. The Hall–Kier alpha value is -2.72. The van der Waals surface area contributed by atoms with E-state index in [-0.39, 0.29) is 18.4 Å². The van der Waals surface area contributed by atoms with Crippen molar-refractivity contribution in [3.63, 3.8) is 0 Å². The number of anilines is 1. The van der Waals surface area contributed by atoms with E-state index in [0.717, 1.165) is 5.56 Å². The summed E-state index contributed by atoms with van der Waals surface area (Å²) in [5.74, 6) is 0.934. The molecule has 0 aliphatic carbocycles. The number of amides is 2. The third-order valence-electron chi connectivity index (χ3n) is 4.54. The number of piperazine rings is 1. The normalized spacial score (nSPS) is 16.3. The van der Waals surface area contributed by atoms with Gasteiger partial charge < -0.3 is 20.1 Å². The van der Waals surface area contributed by atoms with Crippen molar-refractivity contribution in [2.24, 2.45) is 7.05 Å². The van der Waals surface area contributed by atoms with Crippen LogP contribution in [0, 0.1) is 6.92 Å². The molecule has 3 heterocycles. The first-order valence-corrected chi connectivity index (χ1v) is 8.86. The number of likely N-dealkylation sites (N-methyl/N-ethyl adjacent to an activating group) is 1. The van der Waals surface area contributed by atoms with Crippen molar-refractivity contribution < 1.29 is 14.1 Å². The van der Waals surface area contributed by atoms with E-state index in [2.05, 4.69) is 20.9 Å². The van der Waals surface area contributed by atoms with Gasteiger partial charge in [0.25, 0.3) is 0 Å². The van der Waals surface area contributed by atoms with Crippen LogP contribution in [0.1, 0.15) is 17.4 Å². The van der Waals surface area contributed by atoms with E-state index in [1.807, 2.05) is 23.0 Å². The highest BCUT2D eigenvalue weighted by atomic mass is 16.5. The topological polar surface area (TPSA) is 109 Å². The van der Waals surface area contributed by atoms with Crippen LogP contribution in [0.15, 0.2) is 23.0 Å². The van der Waals surface area contributed by atoms with Crippen molar-refractivity contribution in [1.29, 1.82) is 0 Å². The summed E-state index contributed by atoms with van der Waals surface area (Å²) in [6.07, 6.45) is 3.54. The van der Waals surface area contributed by atoms with Crippen LogP contribution in [0.3, 0.4) is 0 Å². The molecular formula is C17H25N7O3. The van der Waals surface area contributed by atoms with Crippen molar-refractivity contribution in [3.8, 4) is 0 Å². The van der Waals surface area contributed by atoms with Gasteiger partial charge in [-0.15, -0.1) is 0 Å². The quantitative estimate of drug-likeness (QED) is 0.717. The molecule has 1 unspecified atom stereocenters. The second-order valence-corrected chi connectivity index (χ2v) is 6.64. The third kappa shape index (κ3) is 4.72. The smallest absolute Gasteiger partial charge is 0.244 e. The number of nitrogens with one attached hydrogen (secondary N) is 2. The van der Waals surface area contributed by atoms with Crippen LogP contribution < -0.4 is 10.6 Å². The van der Waals surface area contributed by atoms with Crippen LogP contribution in [0.2, 0.25) is 0 Å². The van der Waals surface area contributed by atoms with E-state index in [1.54, 1.807) is 30.9 Å². The van der Waals surface area contributed by atoms with Gasteiger partial charge in [-0.1, -0.05) is 5.16 Å². The van der Waals surface area contributed by atoms with Gasteiger partial charge in [-0.2, -0.15) is 5.10 Å². The van der Waals surface area contributed by atoms with Crippen LogP contribution in [0.25, 0.3) is 0 Å². The summed E-state index contributed by atoms with van der Waals surface area (Å²) in [5.41, 5.74) is 0.842. The summed E-state index contributed by atoms with van der Waals surface area (Å²) in [4.78, 5) is 28.8. The number of aromatic nitrogens is 3. The van der Waals surface area contributed by atoms with Crippen LogP contribution >= 0.6 is 0 Å². The molecule has 1 atom stereocenters. The number of rotatable bonds is 6. The van der Waals surface area contributed by atoms with Gasteiger partial charge in [0.05, 0.1) is 12.7 Å². The number of carbonyl (C=O) groups excluding carboxylic acids is 2. The Morgan fingerprint density at radius 2 is 2.04 bits per heavy atom. The molecule has 2 amide bonds. The second-order valence-electron chi connectivity index (χ2n) is 6.64. The minimum atomic E-state index is -0.413. The average Bonchev–Trinajstić information content (AvgIpc) is 3.24. The van der Waals surface area contributed by atoms with Crippen molar-refractivity contribution in [3.05, 3.63) is 29.8 Å². The molecule has 3 rings (SSSR count). The average molecular weight is 375 g/mol. The van der Waals surface area contributed by atoms with Crippen LogP contribution in [0.4, 0.5) is 5.82 Å². The lowest BCUT2D eigenvalue weighted by Gasteiger charge is -2.35. The zero-order valence-corrected chi connectivity index (χ0v) is 15.8. The maximum atomic E-state index is 12.8. The fraction of sp³-hybridized carbons (Fsp3) is 0.529. The van der Waals surface area contributed by atoms with E-state index in [0.29, 0.717) is 37.8 Å². The largest absolute Gasteiger partial charge is 0.360 e. The predicted molar refractivity (Wildman–Crippen MR) is 97.9 cm³/mol. The minimum absolute atomic E-state index is 0.0210. The van der Waals surface area contributed by atoms with E-state index in [1.165, 1.54) is 0 Å². The highest BCUT2D eigenvalue weighted by Crippen LogP contribution is 2.16. The summed E-state index contributed by atoms with van der Waals surface area (Å²) in [6, 6.07) is 1.26. The van der Waals surface area contributed by atoms with E-state index in [4.69, 9.17) is 4.52 Å². The predicted octanol–water partition coefficient (Wildman–Crippen LogP) is -0.240. The van der Waals surface area contributed by atoms with Gasteiger partial charge in [-0.3, -0.25) is 19.2 Å². The molecular weight excluding hydrogens is 350 g/mol. The van der Waals surface area contributed by atoms with Gasteiger partial charge in [0, 0.05) is 51.1 Å². The number of aryl methyl sites for hydroxylation is 2. The monoisotopic (exact) mass is 375 g/mol. The molecule has 146 valence electrons. The summed E-state index contributed by atoms with van der Waals surface area (Å²) in [5, 5.41) is 13.7. The Morgan fingerprint density at radius 3 is 2.59 bits per heavy atom. The fourth-order valence-corrected chi connectivity index (χ4v) is 3.14. The van der Waals surface area contributed by atoms with Gasteiger partial charge in [0.2, 0.25) is 11.8 Å². The molecule has 27 heavy (non-hydrogen) atoms. The number of hydrogen-bond acceptors (Lipinski definition) is 7. The number of hydrogen-bond donors (Lipinski definition) is 2. The standard InChI is InChI=1S/C17H25N7O3/c1-12-8-14(21-27-12)20-15(25)11-23-4-6-24(7-5-23)17(26)16(18-2)13-9-19-22(3)10-13/h8-10,16,18H,4-7,11H2,1-3H3,(H,20,21,25). The van der Waals surface area contributed by atoms with Crippen molar-refractivity contribution in [2.75, 3.05) is 45.1 Å². The molecule has 2 aromatic heterocycles. The van der Waals surface area contributed by atoms with Gasteiger partial charge in [0.15, 0.2) is 5.82 Å². The molecule has 10 nitrogen and oxygen atoms in total. The molecule has 1 aliphatic rings.